The highest BCUT2D eigenvalue weighted by Crippen LogP contribution is 2.50. The zero-order chi connectivity index (χ0) is 28.4. The van der Waals surface area contributed by atoms with Crippen LogP contribution in [-0.4, -0.2) is 27.6 Å². The predicted molar refractivity (Wildman–Crippen MR) is 159 cm³/mol. The molecule has 0 radical (unpaired) electrons. The first kappa shape index (κ1) is 27.6. The predicted octanol–water partition coefficient (Wildman–Crippen LogP) is 5.77. The molecule has 10 heteroatoms. The Hall–Kier alpha value is -3.94. The molecule has 0 saturated carbocycles. The fraction of sp³-hybridized carbons (Fsp3) is 0.300. The second kappa shape index (κ2) is 11.3. The number of nitrogens with one attached hydrogen (secondary N) is 1. The minimum Gasteiger partial charge on any atom is -0.384 e. The van der Waals surface area contributed by atoms with Crippen LogP contribution in [0.2, 0.25) is 0 Å². The molecule has 5 rings (SSSR count). The van der Waals surface area contributed by atoms with Crippen molar-refractivity contribution in [3.05, 3.63) is 88.4 Å². The molecule has 0 fully saturated rings. The van der Waals surface area contributed by atoms with Crippen molar-refractivity contribution in [3.63, 3.8) is 0 Å². The molecular formula is C30H30N6O2S2. The van der Waals surface area contributed by atoms with E-state index < -0.39 is 5.92 Å². The molecule has 0 saturated heterocycles. The molecule has 204 valence electrons. The Balaban J connectivity index is 1.42. The second-order valence-electron chi connectivity index (χ2n) is 10.6. The maximum atomic E-state index is 13.6. The average molecular weight is 571 g/mol. The molecule has 1 atom stereocenters. The van der Waals surface area contributed by atoms with Gasteiger partial charge in [-0.05, 0) is 41.5 Å². The van der Waals surface area contributed by atoms with Crippen LogP contribution >= 0.6 is 23.1 Å². The molecule has 3 aromatic rings. The van der Waals surface area contributed by atoms with E-state index >= 15 is 0 Å². The van der Waals surface area contributed by atoms with Gasteiger partial charge in [0.25, 0.3) is 0 Å². The van der Waals surface area contributed by atoms with Crippen molar-refractivity contribution >= 4 is 45.6 Å². The molecule has 8 nitrogen and oxygen atoms in total. The lowest BCUT2D eigenvalue weighted by atomic mass is 9.69. The first-order chi connectivity index (χ1) is 19.2. The number of nitrogens with two attached hydrogens (primary N) is 1. The largest absolute Gasteiger partial charge is 0.384 e. The fourth-order valence-corrected chi connectivity index (χ4v) is 6.89. The topological polar surface area (TPSA) is 125 Å². The van der Waals surface area contributed by atoms with E-state index in [1.165, 1.54) is 28.7 Å². The molecule has 2 heterocycles. The number of allylic oxidation sites excluding steroid dienone is 3. The zero-order valence-electron chi connectivity index (χ0n) is 22.6. The molecule has 2 aliphatic rings. The number of carbonyl (C=O) groups excluding carboxylic acids is 2. The third-order valence-electron chi connectivity index (χ3n) is 7.07. The van der Waals surface area contributed by atoms with E-state index in [0.29, 0.717) is 33.5 Å². The third-order valence-corrected chi connectivity index (χ3v) is 9.12. The van der Waals surface area contributed by atoms with E-state index in [-0.39, 0.29) is 28.7 Å². The van der Waals surface area contributed by atoms with Crippen LogP contribution in [-0.2, 0) is 16.0 Å². The Morgan fingerprint density at radius 1 is 1.18 bits per heavy atom. The molecular weight excluding hydrogens is 541 g/mol. The van der Waals surface area contributed by atoms with Crippen molar-refractivity contribution in [1.29, 1.82) is 5.26 Å². The van der Waals surface area contributed by atoms with Crippen LogP contribution in [0.3, 0.4) is 0 Å². The van der Waals surface area contributed by atoms with E-state index in [0.717, 1.165) is 23.4 Å². The van der Waals surface area contributed by atoms with Crippen molar-refractivity contribution in [2.24, 2.45) is 11.1 Å². The quantitative estimate of drug-likeness (QED) is 0.343. The number of amides is 1. The molecule has 1 aliphatic carbocycles. The highest BCUT2D eigenvalue weighted by Gasteiger charge is 2.45. The van der Waals surface area contributed by atoms with Crippen molar-refractivity contribution in [1.82, 2.24) is 10.2 Å². The summed E-state index contributed by atoms with van der Waals surface area (Å²) in [5, 5.41) is 22.2. The third kappa shape index (κ3) is 5.53. The number of carbonyl (C=O) groups is 2. The number of nitrogens with zero attached hydrogens (tertiary/aromatic N) is 4. The summed E-state index contributed by atoms with van der Waals surface area (Å²) in [4.78, 5) is 27.9. The summed E-state index contributed by atoms with van der Waals surface area (Å²) in [6, 6.07) is 19.6. The van der Waals surface area contributed by atoms with E-state index in [4.69, 9.17) is 5.73 Å². The van der Waals surface area contributed by atoms with Gasteiger partial charge in [0.15, 0.2) is 10.1 Å². The van der Waals surface area contributed by atoms with Crippen molar-refractivity contribution in [2.45, 2.75) is 50.3 Å². The summed E-state index contributed by atoms with van der Waals surface area (Å²) in [6.45, 7) is 6.20. The number of nitriles is 1. The fourth-order valence-electron chi connectivity index (χ4n) is 5.21. The first-order valence-electron chi connectivity index (χ1n) is 13.1. The highest BCUT2D eigenvalue weighted by atomic mass is 32.2. The molecule has 40 heavy (non-hydrogen) atoms. The molecule has 3 N–H and O–H groups in total. The van der Waals surface area contributed by atoms with Gasteiger partial charge >= 0.3 is 0 Å². The van der Waals surface area contributed by atoms with Gasteiger partial charge in [0, 0.05) is 23.4 Å². The standard InChI is InChI=1S/C30H30N6O2S2/c1-4-18-10-12-20(13-11-18)33-24(38)17-39-29-35-34-28(40-29)36-22-14-30(2,3)15-23(37)26(22)25(21(16-31)27(36)32)19-8-6-5-7-9-19/h5-13,25H,4,14-15,17,32H2,1-3H3,(H,33,38). The summed E-state index contributed by atoms with van der Waals surface area (Å²) in [5.41, 5.74) is 10.9. The molecule has 0 bridgehead atoms. The van der Waals surface area contributed by atoms with Crippen LogP contribution in [0.25, 0.3) is 0 Å². The number of aryl methyl sites for hydroxylation is 1. The van der Waals surface area contributed by atoms with Gasteiger partial charge in [-0.25, -0.2) is 0 Å². The van der Waals surface area contributed by atoms with Crippen LogP contribution in [0.5, 0.6) is 0 Å². The van der Waals surface area contributed by atoms with Gasteiger partial charge in [-0.2, -0.15) is 5.26 Å². The summed E-state index contributed by atoms with van der Waals surface area (Å²) in [6.07, 6.45) is 1.92. The Kier molecular flexibility index (Phi) is 7.79. The molecule has 0 spiro atoms. The number of thioether (sulfide) groups is 1. The summed E-state index contributed by atoms with van der Waals surface area (Å²) < 4.78 is 0.589. The monoisotopic (exact) mass is 570 g/mol. The number of ketones is 1. The van der Waals surface area contributed by atoms with E-state index in [2.05, 4.69) is 42.4 Å². The lowest BCUT2D eigenvalue weighted by Gasteiger charge is -2.42. The Labute approximate surface area is 242 Å². The number of rotatable bonds is 7. The number of benzene rings is 2. The van der Waals surface area contributed by atoms with Gasteiger partial charge in [0.1, 0.15) is 5.82 Å². The minimum absolute atomic E-state index is 0.00751. The lowest BCUT2D eigenvalue weighted by Crippen LogP contribution is -2.42. The van der Waals surface area contributed by atoms with E-state index in [9.17, 15) is 14.9 Å². The van der Waals surface area contributed by atoms with Gasteiger partial charge in [0.05, 0.1) is 23.3 Å². The second-order valence-corrected chi connectivity index (χ2v) is 12.8. The molecule has 1 aromatic heterocycles. The minimum atomic E-state index is -0.530. The van der Waals surface area contributed by atoms with E-state index in [1.807, 2.05) is 54.6 Å². The van der Waals surface area contributed by atoms with Crippen LogP contribution in [0, 0.1) is 16.7 Å². The Morgan fingerprint density at radius 2 is 1.90 bits per heavy atom. The summed E-state index contributed by atoms with van der Waals surface area (Å²) >= 11 is 2.56. The normalized spacial score (nSPS) is 18.4. The van der Waals surface area contributed by atoms with Gasteiger partial charge in [0.2, 0.25) is 11.0 Å². The van der Waals surface area contributed by atoms with Crippen LogP contribution < -0.4 is 16.0 Å². The SMILES string of the molecule is CCc1ccc(NC(=O)CSc2nnc(N3C(N)=C(C#N)C(c4ccccc4)C4=C3CC(C)(C)CC4=O)s2)cc1. The maximum absolute atomic E-state index is 13.6. The summed E-state index contributed by atoms with van der Waals surface area (Å²) in [7, 11) is 0. The van der Waals surface area contributed by atoms with E-state index in [1.54, 1.807) is 4.90 Å². The maximum Gasteiger partial charge on any atom is 0.234 e. The van der Waals surface area contributed by atoms with Crippen LogP contribution in [0.1, 0.15) is 50.7 Å². The number of anilines is 2. The van der Waals surface area contributed by atoms with Gasteiger partial charge < -0.3 is 11.1 Å². The van der Waals surface area contributed by atoms with Gasteiger partial charge in [-0.15, -0.1) is 10.2 Å². The Morgan fingerprint density at radius 3 is 2.58 bits per heavy atom. The van der Waals surface area contributed by atoms with Crippen molar-refractivity contribution in [3.8, 4) is 6.07 Å². The number of hydrogen-bond acceptors (Lipinski definition) is 9. The zero-order valence-corrected chi connectivity index (χ0v) is 24.2. The molecule has 1 amide bonds. The highest BCUT2D eigenvalue weighted by molar-refractivity contribution is 8.01. The molecule has 2 aromatic carbocycles. The van der Waals surface area contributed by atoms with Crippen molar-refractivity contribution in [2.75, 3.05) is 16.0 Å². The molecule has 1 aliphatic heterocycles. The number of aromatic nitrogens is 2. The van der Waals surface area contributed by atoms with Crippen LogP contribution in [0.4, 0.5) is 10.8 Å². The lowest BCUT2D eigenvalue weighted by molar-refractivity contribution is -0.118. The number of hydrogen-bond donors (Lipinski definition) is 2. The Bertz CT molecular complexity index is 1550. The first-order valence-corrected chi connectivity index (χ1v) is 14.9. The van der Waals surface area contributed by atoms with Crippen molar-refractivity contribution < 1.29 is 9.59 Å². The van der Waals surface area contributed by atoms with Gasteiger partial charge in [-0.3, -0.25) is 14.5 Å². The summed E-state index contributed by atoms with van der Waals surface area (Å²) in [5.74, 6) is -0.257. The number of Topliss-reactive ketones (excluding diaryl/α,β-unsaturated/α-hetero) is 1. The molecule has 1 unspecified atom stereocenters. The smallest absolute Gasteiger partial charge is 0.234 e. The van der Waals surface area contributed by atoms with Crippen LogP contribution in [0.15, 0.2) is 81.6 Å². The average Bonchev–Trinajstić information content (AvgIpc) is 3.40. The van der Waals surface area contributed by atoms with Gasteiger partial charge in [-0.1, -0.05) is 86.3 Å².